The Labute approximate surface area is 311 Å². The van der Waals surface area contributed by atoms with Crippen LogP contribution in [-0.2, 0) is 0 Å². The van der Waals surface area contributed by atoms with Crippen LogP contribution in [0.1, 0.15) is 0 Å². The van der Waals surface area contributed by atoms with Gasteiger partial charge in [0, 0.05) is 38.2 Å². The summed E-state index contributed by atoms with van der Waals surface area (Å²) in [5.41, 5.74) is 12.2. The first-order valence-electron chi connectivity index (χ1n) is 18.3. The van der Waals surface area contributed by atoms with Crippen LogP contribution in [0.2, 0.25) is 0 Å². The topological polar surface area (TPSA) is 35.6 Å². The minimum atomic E-state index is 0.782. The summed E-state index contributed by atoms with van der Waals surface area (Å²) >= 11 is 0. The molecule has 0 aliphatic rings. The summed E-state index contributed by atoms with van der Waals surface area (Å²) in [6.07, 6.45) is 3.78. The van der Waals surface area contributed by atoms with E-state index in [1.807, 2.05) is 12.4 Å². The van der Waals surface area contributed by atoms with Gasteiger partial charge in [0.25, 0.3) is 0 Å². The highest BCUT2D eigenvalue weighted by atomic mass is 15.1. The van der Waals surface area contributed by atoms with Gasteiger partial charge in [-0.15, -0.1) is 0 Å². The van der Waals surface area contributed by atoms with Crippen molar-refractivity contribution in [3.63, 3.8) is 0 Å². The van der Waals surface area contributed by atoms with Crippen LogP contribution in [0.5, 0.6) is 0 Å². The minimum absolute atomic E-state index is 0.782. The molecule has 0 unspecified atom stereocenters. The molecule has 3 heterocycles. The SMILES string of the molecule is c1ccc(-c2cc(-c3ccccc3)cc(-c3cncc(-n4c5ccccc5c5ccc6cc7c(cc6c54)c4ccccc4n7-c4ccccc4)n3)c2)cc1. The van der Waals surface area contributed by atoms with Crippen molar-refractivity contribution in [3.8, 4) is 45.0 Å². The zero-order valence-corrected chi connectivity index (χ0v) is 29.3. The largest absolute Gasteiger partial charge is 0.309 e. The second kappa shape index (κ2) is 12.1. The molecule has 0 spiro atoms. The summed E-state index contributed by atoms with van der Waals surface area (Å²) < 4.78 is 4.69. The van der Waals surface area contributed by atoms with E-state index in [1.165, 1.54) is 43.4 Å². The van der Waals surface area contributed by atoms with Crippen LogP contribution in [-0.4, -0.2) is 19.1 Å². The summed E-state index contributed by atoms with van der Waals surface area (Å²) in [4.78, 5) is 10.3. The van der Waals surface area contributed by atoms with Crippen LogP contribution in [0.4, 0.5) is 0 Å². The zero-order valence-electron chi connectivity index (χ0n) is 29.3. The molecule has 0 bridgehead atoms. The molecule has 0 amide bonds. The predicted octanol–water partition coefficient (Wildman–Crippen LogP) is 12.8. The number of aromatic nitrogens is 4. The van der Waals surface area contributed by atoms with E-state index < -0.39 is 0 Å². The van der Waals surface area contributed by atoms with Crippen LogP contribution in [0, 0.1) is 0 Å². The molecule has 252 valence electrons. The quantitative estimate of drug-likeness (QED) is 0.180. The van der Waals surface area contributed by atoms with Gasteiger partial charge in [0.2, 0.25) is 0 Å². The van der Waals surface area contributed by atoms with E-state index in [2.05, 4.69) is 191 Å². The Balaban J connectivity index is 1.17. The molecule has 0 atom stereocenters. The highest BCUT2D eigenvalue weighted by Crippen LogP contribution is 2.41. The van der Waals surface area contributed by atoms with Crippen molar-refractivity contribution in [2.45, 2.75) is 0 Å². The number of nitrogens with zero attached hydrogens (tertiary/aromatic N) is 4. The Hall–Kier alpha value is -7.30. The van der Waals surface area contributed by atoms with Crippen molar-refractivity contribution in [1.82, 2.24) is 19.1 Å². The number of fused-ring (bicyclic) bond motifs is 8. The Morgan fingerprint density at radius 1 is 0.352 bits per heavy atom. The van der Waals surface area contributed by atoms with Gasteiger partial charge in [0.05, 0.1) is 40.2 Å². The lowest BCUT2D eigenvalue weighted by molar-refractivity contribution is 1.05. The van der Waals surface area contributed by atoms with Gasteiger partial charge in [0.1, 0.15) is 0 Å². The maximum Gasteiger partial charge on any atom is 0.156 e. The van der Waals surface area contributed by atoms with Gasteiger partial charge in [-0.05, 0) is 82.2 Å². The van der Waals surface area contributed by atoms with Crippen molar-refractivity contribution in [2.24, 2.45) is 0 Å². The van der Waals surface area contributed by atoms with Crippen LogP contribution < -0.4 is 0 Å². The molecule has 11 aromatic rings. The van der Waals surface area contributed by atoms with E-state index in [-0.39, 0.29) is 0 Å². The number of benzene rings is 8. The smallest absolute Gasteiger partial charge is 0.156 e. The molecular weight excluding hydrogens is 657 g/mol. The molecular formula is C50H32N4. The molecule has 0 radical (unpaired) electrons. The number of para-hydroxylation sites is 3. The predicted molar refractivity (Wildman–Crippen MR) is 225 cm³/mol. The van der Waals surface area contributed by atoms with E-state index >= 15 is 0 Å². The zero-order chi connectivity index (χ0) is 35.6. The van der Waals surface area contributed by atoms with Crippen molar-refractivity contribution in [2.75, 3.05) is 0 Å². The average Bonchev–Trinajstić information content (AvgIpc) is 3.76. The van der Waals surface area contributed by atoms with Crippen LogP contribution >= 0.6 is 0 Å². The molecule has 3 aromatic heterocycles. The first-order valence-corrected chi connectivity index (χ1v) is 18.3. The second-order valence-electron chi connectivity index (χ2n) is 13.9. The molecule has 0 saturated carbocycles. The third kappa shape index (κ3) is 4.78. The Morgan fingerprint density at radius 3 is 1.61 bits per heavy atom. The summed E-state index contributed by atoms with van der Waals surface area (Å²) in [5.74, 6) is 0.782. The monoisotopic (exact) mass is 688 g/mol. The van der Waals surface area contributed by atoms with Crippen molar-refractivity contribution in [1.29, 1.82) is 0 Å². The molecule has 0 fully saturated rings. The molecule has 0 aliphatic carbocycles. The molecule has 0 N–H and O–H groups in total. The third-order valence-corrected chi connectivity index (χ3v) is 10.8. The maximum absolute atomic E-state index is 5.41. The summed E-state index contributed by atoms with van der Waals surface area (Å²) in [5, 5.41) is 7.17. The highest BCUT2D eigenvalue weighted by Gasteiger charge is 2.20. The van der Waals surface area contributed by atoms with Crippen LogP contribution in [0.15, 0.2) is 194 Å². The lowest BCUT2D eigenvalue weighted by atomic mass is 9.95. The van der Waals surface area contributed by atoms with E-state index in [0.29, 0.717) is 0 Å². The third-order valence-electron chi connectivity index (χ3n) is 10.8. The van der Waals surface area contributed by atoms with Gasteiger partial charge < -0.3 is 4.57 Å². The lowest BCUT2D eigenvalue weighted by Crippen LogP contribution is -2.00. The van der Waals surface area contributed by atoms with Gasteiger partial charge in [-0.1, -0.05) is 127 Å². The molecule has 54 heavy (non-hydrogen) atoms. The molecule has 8 aromatic carbocycles. The molecule has 0 aliphatic heterocycles. The fraction of sp³-hybridized carbons (Fsp3) is 0. The van der Waals surface area contributed by atoms with Gasteiger partial charge in [-0.25, -0.2) is 4.98 Å². The summed E-state index contributed by atoms with van der Waals surface area (Å²) in [6, 6.07) is 65.1. The lowest BCUT2D eigenvalue weighted by Gasteiger charge is -2.13. The van der Waals surface area contributed by atoms with Crippen LogP contribution in [0.3, 0.4) is 0 Å². The Kier molecular flexibility index (Phi) is 6.82. The van der Waals surface area contributed by atoms with Gasteiger partial charge in [0.15, 0.2) is 5.82 Å². The van der Waals surface area contributed by atoms with Crippen molar-refractivity contribution < 1.29 is 0 Å². The van der Waals surface area contributed by atoms with E-state index in [1.54, 1.807) is 0 Å². The summed E-state index contributed by atoms with van der Waals surface area (Å²) in [6.45, 7) is 0. The molecule has 0 saturated heterocycles. The minimum Gasteiger partial charge on any atom is -0.309 e. The summed E-state index contributed by atoms with van der Waals surface area (Å²) in [7, 11) is 0. The Morgan fingerprint density at radius 2 is 0.926 bits per heavy atom. The fourth-order valence-corrected chi connectivity index (χ4v) is 8.31. The van der Waals surface area contributed by atoms with Gasteiger partial charge >= 0.3 is 0 Å². The number of hydrogen-bond donors (Lipinski definition) is 0. The van der Waals surface area contributed by atoms with Gasteiger partial charge in [-0.3, -0.25) is 9.55 Å². The van der Waals surface area contributed by atoms with Crippen molar-refractivity contribution in [3.05, 3.63) is 194 Å². The molecule has 4 heteroatoms. The van der Waals surface area contributed by atoms with E-state index in [4.69, 9.17) is 9.97 Å². The van der Waals surface area contributed by atoms with E-state index in [0.717, 1.165) is 56.0 Å². The maximum atomic E-state index is 5.41. The number of rotatable bonds is 5. The average molecular weight is 689 g/mol. The molecule has 4 nitrogen and oxygen atoms in total. The Bertz CT molecular complexity index is 3140. The molecule has 11 rings (SSSR count). The van der Waals surface area contributed by atoms with E-state index in [9.17, 15) is 0 Å². The normalized spacial score (nSPS) is 11.7. The first kappa shape index (κ1) is 30.3. The second-order valence-corrected chi connectivity index (χ2v) is 13.9. The first-order chi connectivity index (χ1) is 26.8. The highest BCUT2D eigenvalue weighted by molar-refractivity contribution is 6.22. The van der Waals surface area contributed by atoms with Gasteiger partial charge in [-0.2, -0.15) is 0 Å². The number of hydrogen-bond acceptors (Lipinski definition) is 2. The van der Waals surface area contributed by atoms with Crippen LogP contribution in [0.25, 0.3) is 99.4 Å². The van der Waals surface area contributed by atoms with Crippen molar-refractivity contribution >= 4 is 54.4 Å². The fourth-order valence-electron chi connectivity index (χ4n) is 8.31. The standard InChI is InChI=1S/C50H32N4/c1-4-14-33(15-5-1)36-26-37(34-16-6-2-7-17-34)28-38(27-36)45-31-51-32-49(52-45)54-47-23-13-10-20-40(47)42-25-24-35-29-48-44(30-43(35)50(42)54)41-21-11-12-22-46(41)53(48)39-18-8-3-9-19-39/h1-32H.